The van der Waals surface area contributed by atoms with Crippen molar-refractivity contribution >= 4 is 11.9 Å². The van der Waals surface area contributed by atoms with Crippen LogP contribution in [0.3, 0.4) is 0 Å². The van der Waals surface area contributed by atoms with Gasteiger partial charge in [-0.1, -0.05) is 18.2 Å². The van der Waals surface area contributed by atoms with Gasteiger partial charge in [0, 0.05) is 19.6 Å². The first-order chi connectivity index (χ1) is 9.15. The Morgan fingerprint density at radius 1 is 1.32 bits per heavy atom. The topological polar surface area (TPSA) is 75.6 Å². The van der Waals surface area contributed by atoms with Gasteiger partial charge in [-0.05, 0) is 25.0 Å². The zero-order valence-electron chi connectivity index (χ0n) is 11.0. The van der Waals surface area contributed by atoms with Gasteiger partial charge in [-0.15, -0.1) is 0 Å². The molecule has 0 atom stereocenters. The first-order valence-electron chi connectivity index (χ1n) is 6.30. The minimum atomic E-state index is -0.965. The van der Waals surface area contributed by atoms with E-state index in [0.29, 0.717) is 31.7 Å². The van der Waals surface area contributed by atoms with E-state index >= 15 is 0 Å². The van der Waals surface area contributed by atoms with Crippen molar-refractivity contribution in [3.8, 4) is 0 Å². The Morgan fingerprint density at radius 3 is 2.74 bits per heavy atom. The van der Waals surface area contributed by atoms with Crippen molar-refractivity contribution in [2.45, 2.75) is 19.8 Å². The molecular weight excluding hydrogens is 246 g/mol. The molecular formula is C14H19NO4. The zero-order valence-corrected chi connectivity index (χ0v) is 11.0. The SMILES string of the molecule is CCOCCNC(=O)CCc1ccccc1C(=O)O. The molecule has 2 N–H and O–H groups in total. The van der Waals surface area contributed by atoms with Gasteiger partial charge in [0.25, 0.3) is 0 Å². The number of ether oxygens (including phenoxy) is 1. The van der Waals surface area contributed by atoms with Crippen LogP contribution in [0, 0.1) is 0 Å². The third kappa shape index (κ3) is 5.52. The highest BCUT2D eigenvalue weighted by Gasteiger charge is 2.10. The van der Waals surface area contributed by atoms with Gasteiger partial charge in [0.1, 0.15) is 0 Å². The van der Waals surface area contributed by atoms with Gasteiger partial charge in [-0.2, -0.15) is 0 Å². The summed E-state index contributed by atoms with van der Waals surface area (Å²) in [6.45, 7) is 3.49. The Hall–Kier alpha value is -1.88. The van der Waals surface area contributed by atoms with Gasteiger partial charge < -0.3 is 15.2 Å². The number of carboxylic acid groups (broad SMARTS) is 1. The first kappa shape index (κ1) is 15.2. The van der Waals surface area contributed by atoms with E-state index in [1.807, 2.05) is 6.92 Å². The molecule has 0 radical (unpaired) electrons. The summed E-state index contributed by atoms with van der Waals surface area (Å²) in [4.78, 5) is 22.5. The van der Waals surface area contributed by atoms with Crippen molar-refractivity contribution in [2.24, 2.45) is 0 Å². The molecule has 0 unspecified atom stereocenters. The molecule has 0 bridgehead atoms. The van der Waals surface area contributed by atoms with E-state index in [0.717, 1.165) is 0 Å². The van der Waals surface area contributed by atoms with Crippen LogP contribution in [0.15, 0.2) is 24.3 Å². The van der Waals surface area contributed by atoms with Crippen molar-refractivity contribution in [1.82, 2.24) is 5.32 Å². The normalized spacial score (nSPS) is 10.2. The molecule has 1 amide bonds. The largest absolute Gasteiger partial charge is 0.478 e. The lowest BCUT2D eigenvalue weighted by Gasteiger charge is -2.07. The maximum Gasteiger partial charge on any atom is 0.335 e. The summed E-state index contributed by atoms with van der Waals surface area (Å²) < 4.78 is 5.10. The number of carbonyl (C=O) groups is 2. The average Bonchev–Trinajstić information content (AvgIpc) is 2.41. The Kier molecular flexibility index (Phi) is 6.60. The quantitative estimate of drug-likeness (QED) is 0.698. The number of nitrogens with one attached hydrogen (secondary N) is 1. The van der Waals surface area contributed by atoms with Gasteiger partial charge in [0.15, 0.2) is 0 Å². The molecule has 0 heterocycles. The molecule has 5 heteroatoms. The highest BCUT2D eigenvalue weighted by molar-refractivity contribution is 5.89. The number of aromatic carboxylic acids is 1. The van der Waals surface area contributed by atoms with E-state index in [2.05, 4.69) is 5.32 Å². The van der Waals surface area contributed by atoms with Crippen LogP contribution >= 0.6 is 0 Å². The van der Waals surface area contributed by atoms with Crippen LogP contribution in [0.1, 0.15) is 29.3 Å². The fraction of sp³-hybridized carbons (Fsp3) is 0.429. The number of carboxylic acids is 1. The number of hydrogen-bond acceptors (Lipinski definition) is 3. The summed E-state index contributed by atoms with van der Waals surface area (Å²) in [7, 11) is 0. The van der Waals surface area contributed by atoms with E-state index in [9.17, 15) is 9.59 Å². The second-order valence-corrected chi connectivity index (χ2v) is 4.01. The monoisotopic (exact) mass is 265 g/mol. The minimum Gasteiger partial charge on any atom is -0.478 e. The summed E-state index contributed by atoms with van der Waals surface area (Å²) >= 11 is 0. The van der Waals surface area contributed by atoms with Crippen LogP contribution < -0.4 is 5.32 Å². The highest BCUT2D eigenvalue weighted by atomic mass is 16.5. The summed E-state index contributed by atoms with van der Waals surface area (Å²) in [6, 6.07) is 6.73. The van der Waals surface area contributed by atoms with Crippen molar-refractivity contribution in [3.05, 3.63) is 35.4 Å². The van der Waals surface area contributed by atoms with Crippen molar-refractivity contribution in [1.29, 1.82) is 0 Å². The van der Waals surface area contributed by atoms with Crippen molar-refractivity contribution in [3.63, 3.8) is 0 Å². The third-order valence-corrected chi connectivity index (χ3v) is 2.64. The molecule has 5 nitrogen and oxygen atoms in total. The molecule has 0 aromatic heterocycles. The predicted octanol–water partition coefficient (Wildman–Crippen LogP) is 1.47. The molecule has 0 aliphatic heterocycles. The highest BCUT2D eigenvalue weighted by Crippen LogP contribution is 2.10. The molecule has 1 aromatic rings. The van der Waals surface area contributed by atoms with Crippen LogP contribution in [-0.2, 0) is 16.0 Å². The van der Waals surface area contributed by atoms with Gasteiger partial charge in [0.2, 0.25) is 5.91 Å². The molecule has 0 aliphatic rings. The maximum atomic E-state index is 11.5. The van der Waals surface area contributed by atoms with Crippen LogP contribution in [-0.4, -0.2) is 36.7 Å². The Bertz CT molecular complexity index is 431. The van der Waals surface area contributed by atoms with Gasteiger partial charge in [-0.3, -0.25) is 4.79 Å². The number of hydrogen-bond donors (Lipinski definition) is 2. The molecule has 1 rings (SSSR count). The summed E-state index contributed by atoms with van der Waals surface area (Å²) in [5, 5.41) is 11.7. The molecule has 19 heavy (non-hydrogen) atoms. The lowest BCUT2D eigenvalue weighted by Crippen LogP contribution is -2.27. The van der Waals surface area contributed by atoms with Crippen LogP contribution in [0.25, 0.3) is 0 Å². The molecule has 0 saturated heterocycles. The fourth-order valence-electron chi connectivity index (χ4n) is 1.69. The number of amides is 1. The number of aryl methyl sites for hydroxylation is 1. The lowest BCUT2D eigenvalue weighted by atomic mass is 10.0. The standard InChI is InChI=1S/C14H19NO4/c1-2-19-10-9-15-13(16)8-7-11-5-3-4-6-12(11)14(17)18/h3-6H,2,7-10H2,1H3,(H,15,16)(H,17,18). The van der Waals surface area contributed by atoms with Gasteiger partial charge in [0.05, 0.1) is 12.2 Å². The van der Waals surface area contributed by atoms with E-state index in [4.69, 9.17) is 9.84 Å². The van der Waals surface area contributed by atoms with Crippen LogP contribution in [0.4, 0.5) is 0 Å². The Morgan fingerprint density at radius 2 is 2.05 bits per heavy atom. The van der Waals surface area contributed by atoms with Crippen LogP contribution in [0.5, 0.6) is 0 Å². The second kappa shape index (κ2) is 8.26. The van der Waals surface area contributed by atoms with Crippen molar-refractivity contribution in [2.75, 3.05) is 19.8 Å². The average molecular weight is 265 g/mol. The minimum absolute atomic E-state index is 0.0973. The number of rotatable bonds is 8. The molecule has 0 aliphatic carbocycles. The van der Waals surface area contributed by atoms with E-state index in [1.54, 1.807) is 24.3 Å². The lowest BCUT2D eigenvalue weighted by molar-refractivity contribution is -0.121. The van der Waals surface area contributed by atoms with Crippen molar-refractivity contribution < 1.29 is 19.4 Å². The summed E-state index contributed by atoms with van der Waals surface area (Å²) in [5.74, 6) is -1.06. The molecule has 0 fully saturated rings. The molecule has 1 aromatic carbocycles. The Balaban J connectivity index is 2.40. The van der Waals surface area contributed by atoms with E-state index in [1.165, 1.54) is 0 Å². The summed E-state index contributed by atoms with van der Waals surface area (Å²) in [6.07, 6.45) is 0.694. The Labute approximate surface area is 112 Å². The van der Waals surface area contributed by atoms with Gasteiger partial charge in [-0.25, -0.2) is 4.79 Å². The number of carbonyl (C=O) groups excluding carboxylic acids is 1. The third-order valence-electron chi connectivity index (χ3n) is 2.64. The predicted molar refractivity (Wildman–Crippen MR) is 71.2 cm³/mol. The first-order valence-corrected chi connectivity index (χ1v) is 6.30. The fourth-order valence-corrected chi connectivity index (χ4v) is 1.69. The molecule has 0 saturated carbocycles. The van der Waals surface area contributed by atoms with E-state index < -0.39 is 5.97 Å². The second-order valence-electron chi connectivity index (χ2n) is 4.01. The smallest absolute Gasteiger partial charge is 0.335 e. The molecule has 104 valence electrons. The maximum absolute atomic E-state index is 11.5. The zero-order chi connectivity index (χ0) is 14.1. The number of benzene rings is 1. The summed E-state index contributed by atoms with van der Waals surface area (Å²) in [5.41, 5.74) is 0.930. The van der Waals surface area contributed by atoms with Crippen LogP contribution in [0.2, 0.25) is 0 Å². The van der Waals surface area contributed by atoms with E-state index in [-0.39, 0.29) is 17.9 Å². The van der Waals surface area contributed by atoms with Gasteiger partial charge >= 0.3 is 5.97 Å². The molecule has 0 spiro atoms.